The third-order valence-corrected chi connectivity index (χ3v) is 6.72. The van der Waals surface area contributed by atoms with Crippen LogP contribution in [0, 0.1) is 16.7 Å². The minimum absolute atomic E-state index is 0.380. The molecule has 0 amide bonds. The van der Waals surface area contributed by atoms with Crippen molar-refractivity contribution in [2.24, 2.45) is 16.7 Å². The molecule has 0 aromatic rings. The smallest absolute Gasteiger partial charge is 0.166 e. The Morgan fingerprint density at radius 1 is 1.00 bits per heavy atom. The quantitative estimate of drug-likeness (QED) is 0.753. The van der Waals surface area contributed by atoms with Gasteiger partial charge in [0.05, 0.1) is 0 Å². The molecule has 3 aliphatic rings. The molecule has 3 atom stereocenters. The zero-order valence-electron chi connectivity index (χ0n) is 13.3. The Morgan fingerprint density at radius 3 is 2.30 bits per heavy atom. The summed E-state index contributed by atoms with van der Waals surface area (Å²) < 4.78 is 0. The minimum Gasteiger partial charge on any atom is -0.360 e. The molecule has 3 heteroatoms. The second-order valence-corrected chi connectivity index (χ2v) is 8.71. The fourth-order valence-electron chi connectivity index (χ4n) is 5.27. The van der Waals surface area contributed by atoms with E-state index in [2.05, 4.69) is 31.4 Å². The topological polar surface area (TPSA) is 24.1 Å². The first kappa shape index (κ1) is 14.6. The van der Waals surface area contributed by atoms with Crippen molar-refractivity contribution in [2.45, 2.75) is 84.2 Å². The summed E-state index contributed by atoms with van der Waals surface area (Å²) in [5.74, 6) is 0.877. The lowest BCUT2D eigenvalue weighted by Crippen LogP contribution is -2.56. The van der Waals surface area contributed by atoms with E-state index in [9.17, 15) is 0 Å². The number of thiocarbonyl (C=S) groups is 1. The second kappa shape index (κ2) is 5.15. The summed E-state index contributed by atoms with van der Waals surface area (Å²) in [6.45, 7) is 7.33. The van der Waals surface area contributed by atoms with E-state index < -0.39 is 0 Å². The molecule has 3 unspecified atom stereocenters. The van der Waals surface area contributed by atoms with Crippen LogP contribution in [0.5, 0.6) is 0 Å². The number of hydrogen-bond donors (Lipinski definition) is 2. The van der Waals surface area contributed by atoms with Gasteiger partial charge in [0.25, 0.3) is 0 Å². The third kappa shape index (κ3) is 2.47. The highest BCUT2D eigenvalue weighted by Gasteiger charge is 2.59. The first-order chi connectivity index (χ1) is 9.42. The standard InChI is InChI=1S/C17H30N2S/c1-16(2)12-9-10-17(3,11-12)14(16)19-15(20)18-13-7-5-4-6-8-13/h12-14H,4-11H2,1-3H3,(H2,18,19,20). The van der Waals surface area contributed by atoms with E-state index in [-0.39, 0.29) is 0 Å². The summed E-state index contributed by atoms with van der Waals surface area (Å²) in [6, 6.07) is 1.15. The summed E-state index contributed by atoms with van der Waals surface area (Å²) in [4.78, 5) is 0. The van der Waals surface area contributed by atoms with Crippen LogP contribution in [0.3, 0.4) is 0 Å². The Labute approximate surface area is 129 Å². The van der Waals surface area contributed by atoms with Crippen molar-refractivity contribution in [1.82, 2.24) is 10.6 Å². The maximum atomic E-state index is 5.62. The summed E-state index contributed by atoms with van der Waals surface area (Å²) in [6.07, 6.45) is 10.8. The molecule has 0 aliphatic heterocycles. The van der Waals surface area contributed by atoms with Gasteiger partial charge in [-0.05, 0) is 61.1 Å². The Balaban J connectivity index is 1.60. The minimum atomic E-state index is 0.380. The molecule has 3 fully saturated rings. The third-order valence-electron chi connectivity index (χ3n) is 6.49. The molecule has 0 aromatic heterocycles. The van der Waals surface area contributed by atoms with Gasteiger partial charge >= 0.3 is 0 Å². The van der Waals surface area contributed by atoms with Gasteiger partial charge in [0.1, 0.15) is 0 Å². The van der Waals surface area contributed by atoms with Crippen molar-refractivity contribution in [1.29, 1.82) is 0 Å². The van der Waals surface area contributed by atoms with Crippen LogP contribution in [0.2, 0.25) is 0 Å². The Hall–Kier alpha value is -0.310. The van der Waals surface area contributed by atoms with Gasteiger partial charge in [-0.3, -0.25) is 0 Å². The average molecular weight is 295 g/mol. The van der Waals surface area contributed by atoms with Gasteiger partial charge in [0, 0.05) is 12.1 Å². The predicted molar refractivity (Wildman–Crippen MR) is 88.8 cm³/mol. The van der Waals surface area contributed by atoms with Crippen LogP contribution in [0.25, 0.3) is 0 Å². The molecule has 0 radical (unpaired) electrons. The van der Waals surface area contributed by atoms with Crippen molar-refractivity contribution in [3.63, 3.8) is 0 Å². The summed E-state index contributed by atoms with van der Waals surface area (Å²) in [5.41, 5.74) is 0.831. The molecular weight excluding hydrogens is 264 g/mol. The Morgan fingerprint density at radius 2 is 1.70 bits per heavy atom. The molecule has 2 bridgehead atoms. The van der Waals surface area contributed by atoms with E-state index in [0.29, 0.717) is 22.9 Å². The molecule has 0 spiro atoms. The van der Waals surface area contributed by atoms with Crippen molar-refractivity contribution in [2.75, 3.05) is 0 Å². The monoisotopic (exact) mass is 294 g/mol. The lowest BCUT2D eigenvalue weighted by atomic mass is 9.68. The second-order valence-electron chi connectivity index (χ2n) is 8.30. The van der Waals surface area contributed by atoms with Crippen LogP contribution in [0.15, 0.2) is 0 Å². The molecule has 3 saturated carbocycles. The lowest BCUT2D eigenvalue weighted by Gasteiger charge is -2.44. The van der Waals surface area contributed by atoms with Crippen molar-refractivity contribution in [3.8, 4) is 0 Å². The Kier molecular flexibility index (Phi) is 3.77. The van der Waals surface area contributed by atoms with Gasteiger partial charge in [-0.2, -0.15) is 0 Å². The largest absolute Gasteiger partial charge is 0.360 e. The number of fused-ring (bicyclic) bond motifs is 2. The van der Waals surface area contributed by atoms with Gasteiger partial charge in [-0.25, -0.2) is 0 Å². The first-order valence-electron chi connectivity index (χ1n) is 8.49. The molecular formula is C17H30N2S. The zero-order chi connectivity index (χ0) is 14.4. The SMILES string of the molecule is CC12CCC(C1)C(C)(C)C2NC(=S)NC1CCCCC1. The highest BCUT2D eigenvalue weighted by molar-refractivity contribution is 7.80. The van der Waals surface area contributed by atoms with E-state index in [1.165, 1.54) is 51.4 Å². The number of rotatable bonds is 2. The van der Waals surface area contributed by atoms with Crippen molar-refractivity contribution in [3.05, 3.63) is 0 Å². The fraction of sp³-hybridized carbons (Fsp3) is 0.941. The fourth-order valence-corrected chi connectivity index (χ4v) is 5.55. The van der Waals surface area contributed by atoms with Gasteiger partial charge in [0.15, 0.2) is 5.11 Å². The van der Waals surface area contributed by atoms with Gasteiger partial charge in [-0.15, -0.1) is 0 Å². The average Bonchev–Trinajstić information content (AvgIpc) is 2.87. The van der Waals surface area contributed by atoms with Crippen LogP contribution >= 0.6 is 12.2 Å². The first-order valence-corrected chi connectivity index (χ1v) is 8.90. The van der Waals surface area contributed by atoms with Crippen LogP contribution in [0.4, 0.5) is 0 Å². The van der Waals surface area contributed by atoms with Gasteiger partial charge < -0.3 is 10.6 Å². The van der Waals surface area contributed by atoms with Crippen LogP contribution in [-0.4, -0.2) is 17.2 Å². The van der Waals surface area contributed by atoms with E-state index in [4.69, 9.17) is 12.2 Å². The molecule has 2 N–H and O–H groups in total. The maximum absolute atomic E-state index is 5.62. The molecule has 3 aliphatic carbocycles. The summed E-state index contributed by atoms with van der Waals surface area (Å²) in [7, 11) is 0. The van der Waals surface area contributed by atoms with E-state index in [1.807, 2.05) is 0 Å². The van der Waals surface area contributed by atoms with E-state index >= 15 is 0 Å². The van der Waals surface area contributed by atoms with Crippen molar-refractivity contribution < 1.29 is 0 Å². The van der Waals surface area contributed by atoms with Gasteiger partial charge in [0.2, 0.25) is 0 Å². The summed E-state index contributed by atoms with van der Waals surface area (Å²) in [5, 5.41) is 8.20. The highest BCUT2D eigenvalue weighted by Crippen LogP contribution is 2.62. The maximum Gasteiger partial charge on any atom is 0.166 e. The number of nitrogens with one attached hydrogen (secondary N) is 2. The molecule has 2 nitrogen and oxygen atoms in total. The molecule has 114 valence electrons. The van der Waals surface area contributed by atoms with Gasteiger partial charge in [-0.1, -0.05) is 40.0 Å². The summed E-state index contributed by atoms with van der Waals surface area (Å²) >= 11 is 5.62. The molecule has 0 aromatic carbocycles. The van der Waals surface area contributed by atoms with Crippen LogP contribution in [-0.2, 0) is 0 Å². The van der Waals surface area contributed by atoms with Crippen LogP contribution < -0.4 is 10.6 Å². The molecule has 0 heterocycles. The highest BCUT2D eigenvalue weighted by atomic mass is 32.1. The molecule has 20 heavy (non-hydrogen) atoms. The zero-order valence-corrected chi connectivity index (χ0v) is 14.1. The Bertz CT molecular complexity index is 382. The lowest BCUT2D eigenvalue weighted by molar-refractivity contribution is 0.124. The van der Waals surface area contributed by atoms with E-state index in [0.717, 1.165) is 11.0 Å². The van der Waals surface area contributed by atoms with Crippen LogP contribution in [0.1, 0.15) is 72.1 Å². The predicted octanol–water partition coefficient (Wildman–Crippen LogP) is 4.00. The molecule has 3 rings (SSSR count). The molecule has 0 saturated heterocycles. The van der Waals surface area contributed by atoms with Crippen molar-refractivity contribution >= 4 is 17.3 Å². The number of hydrogen-bond acceptors (Lipinski definition) is 1. The normalized spacial score (nSPS) is 39.8. The van der Waals surface area contributed by atoms with E-state index in [1.54, 1.807) is 0 Å².